The van der Waals surface area contributed by atoms with Crippen molar-refractivity contribution in [2.45, 2.75) is 31.4 Å². The van der Waals surface area contributed by atoms with Gasteiger partial charge in [0.25, 0.3) is 0 Å². The molecular formula is C16H26N2O3S. The molecule has 0 aromatic heterocycles. The summed E-state index contributed by atoms with van der Waals surface area (Å²) in [5, 5.41) is 9.35. The van der Waals surface area contributed by atoms with E-state index in [2.05, 4.69) is 30.7 Å². The lowest BCUT2D eigenvalue weighted by Gasteiger charge is -2.42. The van der Waals surface area contributed by atoms with Gasteiger partial charge in [-0.3, -0.25) is 4.90 Å². The lowest BCUT2D eigenvalue weighted by molar-refractivity contribution is 0.173. The van der Waals surface area contributed by atoms with Gasteiger partial charge in [0.15, 0.2) is 9.84 Å². The molecule has 6 heteroatoms. The van der Waals surface area contributed by atoms with E-state index in [1.165, 1.54) is 6.26 Å². The Kier molecular flexibility index (Phi) is 5.14. The second-order valence-electron chi connectivity index (χ2n) is 6.46. The number of sulfone groups is 1. The van der Waals surface area contributed by atoms with Crippen LogP contribution in [0.25, 0.3) is 0 Å². The van der Waals surface area contributed by atoms with Gasteiger partial charge in [-0.1, -0.05) is 19.9 Å². The standard InChI is InChI=1S/C16H26N2O3S/c1-12(2)15-10-18(8-7-17(15)3)14-6-5-13(11-19)16(9-14)22(4,20)21/h5-6,9,12,15,19H,7-8,10-11H2,1-4H3. The Labute approximate surface area is 133 Å². The van der Waals surface area contributed by atoms with Crippen LogP contribution in [0, 0.1) is 5.92 Å². The van der Waals surface area contributed by atoms with E-state index in [4.69, 9.17) is 0 Å². The third-order valence-electron chi connectivity index (χ3n) is 4.45. The highest BCUT2D eigenvalue weighted by Crippen LogP contribution is 2.26. The van der Waals surface area contributed by atoms with E-state index < -0.39 is 9.84 Å². The van der Waals surface area contributed by atoms with Crippen LogP contribution < -0.4 is 4.90 Å². The van der Waals surface area contributed by atoms with Gasteiger partial charge in [0, 0.05) is 37.6 Å². The molecule has 1 aliphatic rings. The maximum absolute atomic E-state index is 11.9. The van der Waals surface area contributed by atoms with E-state index in [-0.39, 0.29) is 11.5 Å². The van der Waals surface area contributed by atoms with Crippen LogP contribution in [-0.4, -0.2) is 57.4 Å². The van der Waals surface area contributed by atoms with Crippen LogP contribution in [0.15, 0.2) is 23.1 Å². The first-order valence-electron chi connectivity index (χ1n) is 7.63. The summed E-state index contributed by atoms with van der Waals surface area (Å²) in [7, 11) is -1.21. The number of hydrogen-bond donors (Lipinski definition) is 1. The molecule has 1 unspecified atom stereocenters. The maximum Gasteiger partial charge on any atom is 0.175 e. The minimum atomic E-state index is -3.34. The largest absolute Gasteiger partial charge is 0.392 e. The molecule has 1 heterocycles. The summed E-state index contributed by atoms with van der Waals surface area (Å²) in [6.45, 7) is 6.87. The molecule has 0 saturated carbocycles. The third-order valence-corrected chi connectivity index (χ3v) is 5.63. The van der Waals surface area contributed by atoms with Crippen LogP contribution in [0.5, 0.6) is 0 Å². The lowest BCUT2D eigenvalue weighted by Crippen LogP contribution is -2.53. The molecule has 1 aromatic carbocycles. The van der Waals surface area contributed by atoms with Gasteiger partial charge in [0.2, 0.25) is 0 Å². The molecule has 1 aliphatic heterocycles. The summed E-state index contributed by atoms with van der Waals surface area (Å²) in [6, 6.07) is 5.77. The average Bonchev–Trinajstić information content (AvgIpc) is 2.46. The van der Waals surface area contributed by atoms with E-state index in [0.717, 1.165) is 25.3 Å². The molecule has 1 fully saturated rings. The van der Waals surface area contributed by atoms with Crippen molar-refractivity contribution in [2.24, 2.45) is 5.92 Å². The Bertz CT molecular complexity index is 628. The van der Waals surface area contributed by atoms with E-state index in [0.29, 0.717) is 17.5 Å². The first kappa shape index (κ1) is 17.2. The van der Waals surface area contributed by atoms with Crippen molar-refractivity contribution in [2.75, 3.05) is 37.8 Å². The van der Waals surface area contributed by atoms with Crippen LogP contribution in [0.4, 0.5) is 5.69 Å². The molecule has 0 spiro atoms. The topological polar surface area (TPSA) is 60.9 Å². The molecule has 22 heavy (non-hydrogen) atoms. The van der Waals surface area contributed by atoms with Gasteiger partial charge in [-0.15, -0.1) is 0 Å². The molecule has 1 aromatic rings. The fraction of sp³-hybridized carbons (Fsp3) is 0.625. The second-order valence-corrected chi connectivity index (χ2v) is 8.44. The summed E-state index contributed by atoms with van der Waals surface area (Å²) in [5.41, 5.74) is 1.37. The molecule has 0 bridgehead atoms. The number of likely N-dealkylation sites (N-methyl/N-ethyl adjacent to an activating group) is 1. The second kappa shape index (κ2) is 6.56. The van der Waals surface area contributed by atoms with Gasteiger partial charge < -0.3 is 10.0 Å². The van der Waals surface area contributed by atoms with Crippen molar-refractivity contribution in [3.63, 3.8) is 0 Å². The summed E-state index contributed by atoms with van der Waals surface area (Å²) >= 11 is 0. The fourth-order valence-corrected chi connectivity index (χ4v) is 4.01. The number of aliphatic hydroxyl groups excluding tert-OH is 1. The monoisotopic (exact) mass is 326 g/mol. The van der Waals surface area contributed by atoms with E-state index in [1.807, 2.05) is 6.07 Å². The zero-order valence-electron chi connectivity index (χ0n) is 13.8. The number of hydrogen-bond acceptors (Lipinski definition) is 5. The Balaban J connectivity index is 2.33. The smallest absolute Gasteiger partial charge is 0.175 e. The molecule has 1 atom stereocenters. The number of benzene rings is 1. The Morgan fingerprint density at radius 1 is 1.32 bits per heavy atom. The van der Waals surface area contributed by atoms with Crippen molar-refractivity contribution < 1.29 is 13.5 Å². The molecule has 2 rings (SSSR count). The van der Waals surface area contributed by atoms with Crippen molar-refractivity contribution in [3.8, 4) is 0 Å². The van der Waals surface area contributed by atoms with Gasteiger partial charge in [0.05, 0.1) is 11.5 Å². The summed E-state index contributed by atoms with van der Waals surface area (Å²) in [4.78, 5) is 4.83. The molecule has 0 aliphatic carbocycles. The molecule has 0 amide bonds. The minimum absolute atomic E-state index is 0.229. The summed E-state index contributed by atoms with van der Waals surface area (Å²) in [5.74, 6) is 0.541. The van der Waals surface area contributed by atoms with Gasteiger partial charge in [-0.2, -0.15) is 0 Å². The number of nitrogens with zero attached hydrogens (tertiary/aromatic N) is 2. The van der Waals surface area contributed by atoms with Gasteiger partial charge in [0.1, 0.15) is 0 Å². The van der Waals surface area contributed by atoms with E-state index >= 15 is 0 Å². The fourth-order valence-electron chi connectivity index (χ4n) is 3.07. The Hall–Kier alpha value is -1.11. The highest BCUT2D eigenvalue weighted by Gasteiger charge is 2.27. The number of aliphatic hydroxyl groups is 1. The van der Waals surface area contributed by atoms with Crippen molar-refractivity contribution in [1.82, 2.24) is 4.90 Å². The normalized spacial score (nSPS) is 20.6. The molecule has 5 nitrogen and oxygen atoms in total. The van der Waals surface area contributed by atoms with Crippen LogP contribution in [-0.2, 0) is 16.4 Å². The quantitative estimate of drug-likeness (QED) is 0.905. The zero-order valence-corrected chi connectivity index (χ0v) is 14.6. The first-order chi connectivity index (χ1) is 10.2. The average molecular weight is 326 g/mol. The highest BCUT2D eigenvalue weighted by molar-refractivity contribution is 7.90. The maximum atomic E-state index is 11.9. The van der Waals surface area contributed by atoms with Crippen molar-refractivity contribution >= 4 is 15.5 Å². The molecule has 0 radical (unpaired) electrons. The highest BCUT2D eigenvalue weighted by atomic mass is 32.2. The van der Waals surface area contributed by atoms with Crippen molar-refractivity contribution in [3.05, 3.63) is 23.8 Å². The Morgan fingerprint density at radius 2 is 2.00 bits per heavy atom. The van der Waals surface area contributed by atoms with Gasteiger partial charge >= 0.3 is 0 Å². The van der Waals surface area contributed by atoms with Crippen LogP contribution in [0.2, 0.25) is 0 Å². The number of piperazine rings is 1. The van der Waals surface area contributed by atoms with E-state index in [1.54, 1.807) is 12.1 Å². The van der Waals surface area contributed by atoms with Crippen LogP contribution in [0.1, 0.15) is 19.4 Å². The summed E-state index contributed by atoms with van der Waals surface area (Å²) < 4.78 is 23.9. The molecule has 1 saturated heterocycles. The SMILES string of the molecule is CC(C)C1CN(c2ccc(CO)c(S(C)(=O)=O)c2)CCN1C. The predicted octanol–water partition coefficient (Wildman–Crippen LogP) is 1.36. The number of anilines is 1. The molecule has 1 N–H and O–H groups in total. The first-order valence-corrected chi connectivity index (χ1v) is 9.52. The summed E-state index contributed by atoms with van der Waals surface area (Å²) in [6.07, 6.45) is 1.19. The molecular weight excluding hydrogens is 300 g/mol. The van der Waals surface area contributed by atoms with Gasteiger partial charge in [-0.05, 0) is 30.7 Å². The van der Waals surface area contributed by atoms with Crippen LogP contribution in [0.3, 0.4) is 0 Å². The van der Waals surface area contributed by atoms with Gasteiger partial charge in [-0.25, -0.2) is 8.42 Å². The third kappa shape index (κ3) is 3.62. The minimum Gasteiger partial charge on any atom is -0.392 e. The van der Waals surface area contributed by atoms with E-state index in [9.17, 15) is 13.5 Å². The number of rotatable bonds is 4. The lowest BCUT2D eigenvalue weighted by atomic mass is 10.00. The predicted molar refractivity (Wildman–Crippen MR) is 88.9 cm³/mol. The molecule has 124 valence electrons. The van der Waals surface area contributed by atoms with Crippen molar-refractivity contribution in [1.29, 1.82) is 0 Å². The zero-order chi connectivity index (χ0) is 16.5. The van der Waals surface area contributed by atoms with Crippen LogP contribution >= 0.6 is 0 Å². The Morgan fingerprint density at radius 3 is 2.55 bits per heavy atom.